The number of hydrogen-bond donors (Lipinski definition) is 2. The summed E-state index contributed by atoms with van der Waals surface area (Å²) < 4.78 is 25.5. The Balaban J connectivity index is 1.88. The van der Waals surface area contributed by atoms with Gasteiger partial charge >= 0.3 is 0 Å². The lowest BCUT2D eigenvalue weighted by molar-refractivity contribution is -0.119. The number of carbonyl (C=O) groups is 1. The Morgan fingerprint density at radius 3 is 2.57 bits per heavy atom. The molecule has 1 saturated carbocycles. The lowest BCUT2D eigenvalue weighted by Gasteiger charge is -2.32. The molecule has 0 unspecified atom stereocenters. The van der Waals surface area contributed by atoms with Gasteiger partial charge < -0.3 is 5.32 Å². The van der Waals surface area contributed by atoms with E-state index in [-0.39, 0.29) is 23.7 Å². The number of hydrogen-bond acceptors (Lipinski definition) is 4. The number of nitrogens with one attached hydrogen (secondary N) is 2. The van der Waals surface area contributed by atoms with Crippen LogP contribution < -0.4 is 10.0 Å². The average molecular weight is 377 g/mol. The Bertz CT molecular complexity index is 652. The van der Waals surface area contributed by atoms with Crippen LogP contribution in [0.3, 0.4) is 0 Å². The average Bonchev–Trinajstić information content (AvgIpc) is 2.47. The first kappa shape index (κ1) is 18.6. The summed E-state index contributed by atoms with van der Waals surface area (Å²) in [5.41, 5.74) is 0. The lowest BCUT2D eigenvalue weighted by atomic mass is 9.91. The predicted molar refractivity (Wildman–Crippen MR) is 94.3 cm³/mol. The predicted octanol–water partition coefficient (Wildman–Crippen LogP) is 2.41. The van der Waals surface area contributed by atoms with Gasteiger partial charge in [0.05, 0.1) is 17.0 Å². The Kier molecular flexibility index (Phi) is 6.76. The van der Waals surface area contributed by atoms with Gasteiger partial charge in [0.25, 0.3) is 0 Å². The van der Waals surface area contributed by atoms with Crippen molar-refractivity contribution < 1.29 is 13.2 Å². The van der Waals surface area contributed by atoms with Gasteiger partial charge in [-0.05, 0) is 25.0 Å². The normalized spacial score (nSPS) is 21.8. The second-order valence-corrected chi connectivity index (χ2v) is 8.88. The summed E-state index contributed by atoms with van der Waals surface area (Å²) in [6, 6.07) is 6.99. The van der Waals surface area contributed by atoms with Gasteiger partial charge in [0.1, 0.15) is 0 Å². The summed E-state index contributed by atoms with van der Waals surface area (Å²) in [7, 11) is -3.28. The first-order valence-corrected chi connectivity index (χ1v) is 10.7. The quantitative estimate of drug-likeness (QED) is 0.747. The van der Waals surface area contributed by atoms with E-state index >= 15 is 0 Å². The van der Waals surface area contributed by atoms with Crippen molar-refractivity contribution in [3.63, 3.8) is 0 Å². The number of sulfonamides is 1. The maximum Gasteiger partial charge on any atom is 0.230 e. The molecule has 0 saturated heterocycles. The van der Waals surface area contributed by atoms with Gasteiger partial charge in [-0.1, -0.05) is 36.6 Å². The highest BCUT2D eigenvalue weighted by atomic mass is 35.5. The molecule has 0 aliphatic heterocycles. The van der Waals surface area contributed by atoms with E-state index in [0.29, 0.717) is 5.02 Å². The highest BCUT2D eigenvalue weighted by Crippen LogP contribution is 2.26. The zero-order valence-corrected chi connectivity index (χ0v) is 15.3. The highest BCUT2D eigenvalue weighted by molar-refractivity contribution is 8.00. The molecule has 2 N–H and O–H groups in total. The molecular weight excluding hydrogens is 356 g/mol. The number of thioether (sulfide) groups is 1. The smallest absolute Gasteiger partial charge is 0.230 e. The maximum absolute atomic E-state index is 12.2. The third kappa shape index (κ3) is 6.33. The Labute approximate surface area is 146 Å². The molecule has 1 amide bonds. The van der Waals surface area contributed by atoms with Gasteiger partial charge in [0, 0.05) is 17.0 Å². The molecule has 0 spiro atoms. The molecule has 23 heavy (non-hydrogen) atoms. The molecule has 128 valence electrons. The minimum Gasteiger partial charge on any atom is -0.351 e. The number of carbonyl (C=O) groups excluding carboxylic acids is 1. The summed E-state index contributed by atoms with van der Waals surface area (Å²) >= 11 is 7.44. The topological polar surface area (TPSA) is 75.3 Å². The second-order valence-electron chi connectivity index (χ2n) is 5.67. The Hall–Kier alpha value is -0.760. The van der Waals surface area contributed by atoms with Gasteiger partial charge in [-0.25, -0.2) is 13.1 Å². The van der Waals surface area contributed by atoms with Crippen LogP contribution in [-0.4, -0.2) is 38.4 Å². The summed E-state index contributed by atoms with van der Waals surface area (Å²) in [6.45, 7) is 0. The molecule has 5 nitrogen and oxygen atoms in total. The zero-order chi connectivity index (χ0) is 16.9. The van der Waals surface area contributed by atoms with Crippen molar-refractivity contribution in [3.05, 3.63) is 29.3 Å². The first-order valence-electron chi connectivity index (χ1n) is 7.49. The van der Waals surface area contributed by atoms with Crippen LogP contribution >= 0.6 is 23.4 Å². The fourth-order valence-electron chi connectivity index (χ4n) is 2.67. The number of benzene rings is 1. The van der Waals surface area contributed by atoms with Crippen LogP contribution in [0, 0.1) is 0 Å². The molecule has 0 bridgehead atoms. The van der Waals surface area contributed by atoms with E-state index in [1.54, 1.807) is 6.07 Å². The van der Waals surface area contributed by atoms with Crippen molar-refractivity contribution in [1.82, 2.24) is 10.0 Å². The van der Waals surface area contributed by atoms with Crippen LogP contribution in [0.25, 0.3) is 0 Å². The largest absolute Gasteiger partial charge is 0.351 e. The molecule has 1 aliphatic carbocycles. The van der Waals surface area contributed by atoms with Gasteiger partial charge in [0.2, 0.25) is 15.9 Å². The van der Waals surface area contributed by atoms with Gasteiger partial charge in [0.15, 0.2) is 0 Å². The second kappa shape index (κ2) is 8.37. The molecule has 2 rings (SSSR count). The van der Waals surface area contributed by atoms with Crippen molar-refractivity contribution in [3.8, 4) is 0 Å². The molecule has 0 heterocycles. The molecule has 0 radical (unpaired) electrons. The molecule has 0 aromatic heterocycles. The molecule has 1 aromatic rings. The van der Waals surface area contributed by atoms with Crippen LogP contribution in [0.15, 0.2) is 29.2 Å². The number of amides is 1. The van der Waals surface area contributed by atoms with Crippen molar-refractivity contribution in [2.45, 2.75) is 42.7 Å². The Morgan fingerprint density at radius 2 is 1.91 bits per heavy atom. The van der Waals surface area contributed by atoms with E-state index in [1.165, 1.54) is 11.8 Å². The van der Waals surface area contributed by atoms with Gasteiger partial charge in [-0.2, -0.15) is 0 Å². The highest BCUT2D eigenvalue weighted by Gasteiger charge is 2.28. The molecule has 2 atom stereocenters. The van der Waals surface area contributed by atoms with E-state index < -0.39 is 10.0 Å². The standard InChI is InChI=1S/C15H21ClN2O3S2/c1-23(20,21)18-13-8-4-3-7-12(13)17-15(19)10-22-14-9-5-2-6-11(14)16/h2,5-6,9,12-13,18H,3-4,7-8,10H2,1H3,(H,17,19)/t12-,13-/m0/s1. The van der Waals surface area contributed by atoms with Crippen molar-refractivity contribution >= 4 is 39.3 Å². The van der Waals surface area contributed by atoms with E-state index in [0.717, 1.165) is 36.8 Å². The zero-order valence-electron chi connectivity index (χ0n) is 12.9. The summed E-state index contributed by atoms with van der Waals surface area (Å²) in [6.07, 6.45) is 4.64. The van der Waals surface area contributed by atoms with Crippen LogP contribution in [0.2, 0.25) is 5.02 Å². The Morgan fingerprint density at radius 1 is 1.26 bits per heavy atom. The third-order valence-corrected chi connectivity index (χ3v) is 5.92. The van der Waals surface area contributed by atoms with Crippen LogP contribution in [0.5, 0.6) is 0 Å². The SMILES string of the molecule is CS(=O)(=O)N[C@H]1CCCC[C@@H]1NC(=O)CSc1ccccc1Cl. The molecule has 8 heteroatoms. The lowest BCUT2D eigenvalue weighted by Crippen LogP contribution is -2.53. The van der Waals surface area contributed by atoms with Crippen molar-refractivity contribution in [2.75, 3.05) is 12.0 Å². The summed E-state index contributed by atoms with van der Waals surface area (Å²) in [5, 5.41) is 3.58. The number of halogens is 1. The van der Waals surface area contributed by atoms with E-state index in [4.69, 9.17) is 11.6 Å². The summed E-state index contributed by atoms with van der Waals surface area (Å²) in [5.74, 6) is 0.147. The van der Waals surface area contributed by atoms with Gasteiger partial charge in [-0.3, -0.25) is 4.79 Å². The fourth-order valence-corrected chi connectivity index (χ4v) is 4.56. The van der Waals surface area contributed by atoms with Gasteiger partial charge in [-0.15, -0.1) is 11.8 Å². The number of rotatable bonds is 6. The first-order chi connectivity index (χ1) is 10.8. The van der Waals surface area contributed by atoms with E-state index in [9.17, 15) is 13.2 Å². The van der Waals surface area contributed by atoms with Crippen LogP contribution in [0.1, 0.15) is 25.7 Å². The molecule has 1 aliphatic rings. The fraction of sp³-hybridized carbons (Fsp3) is 0.533. The monoisotopic (exact) mass is 376 g/mol. The molecule has 1 fully saturated rings. The van der Waals surface area contributed by atoms with E-state index in [2.05, 4.69) is 10.0 Å². The van der Waals surface area contributed by atoms with Crippen LogP contribution in [0.4, 0.5) is 0 Å². The van der Waals surface area contributed by atoms with Crippen molar-refractivity contribution in [2.24, 2.45) is 0 Å². The van der Waals surface area contributed by atoms with Crippen LogP contribution in [-0.2, 0) is 14.8 Å². The molecule has 1 aromatic carbocycles. The summed E-state index contributed by atoms with van der Waals surface area (Å²) in [4.78, 5) is 13.0. The third-order valence-electron chi connectivity index (χ3n) is 3.67. The minimum atomic E-state index is -3.28. The maximum atomic E-state index is 12.2. The minimum absolute atomic E-state index is 0.109. The molecular formula is C15H21ClN2O3S2. The van der Waals surface area contributed by atoms with Crippen molar-refractivity contribution in [1.29, 1.82) is 0 Å². The van der Waals surface area contributed by atoms with E-state index in [1.807, 2.05) is 18.2 Å².